The van der Waals surface area contributed by atoms with E-state index < -0.39 is 0 Å². The molecule has 102 valence electrons. The van der Waals surface area contributed by atoms with Gasteiger partial charge in [-0.3, -0.25) is 4.68 Å². The van der Waals surface area contributed by atoms with Crippen LogP contribution in [0.4, 0.5) is 5.69 Å². The van der Waals surface area contributed by atoms with Crippen molar-refractivity contribution >= 4 is 5.69 Å². The number of nitrogens with one attached hydrogen (secondary N) is 1. The van der Waals surface area contributed by atoms with Crippen molar-refractivity contribution in [2.75, 3.05) is 11.9 Å². The predicted octanol–water partition coefficient (Wildman–Crippen LogP) is 1.29. The molecule has 0 unspecified atom stereocenters. The molecular weight excluding hydrogens is 244 g/mol. The molecule has 0 aliphatic rings. The number of aliphatic hydroxyl groups is 1. The number of phenols is 1. The zero-order valence-corrected chi connectivity index (χ0v) is 10.9. The molecule has 0 spiro atoms. The molecule has 0 amide bonds. The lowest BCUT2D eigenvalue weighted by Crippen LogP contribution is -2.01. The molecule has 0 saturated carbocycles. The lowest BCUT2D eigenvalue weighted by molar-refractivity contribution is 0.276. The molecule has 19 heavy (non-hydrogen) atoms. The van der Waals surface area contributed by atoms with Crippen molar-refractivity contribution in [3.05, 3.63) is 35.7 Å². The van der Waals surface area contributed by atoms with Crippen LogP contribution in [-0.2, 0) is 13.1 Å². The Morgan fingerprint density at radius 3 is 2.95 bits per heavy atom. The third-order valence-electron chi connectivity index (χ3n) is 2.80. The van der Waals surface area contributed by atoms with Crippen LogP contribution in [0, 0.1) is 6.92 Å². The van der Waals surface area contributed by atoms with Crippen LogP contribution in [0.1, 0.15) is 17.7 Å². The lowest BCUT2D eigenvalue weighted by atomic mass is 10.2. The van der Waals surface area contributed by atoms with Crippen LogP contribution in [0.3, 0.4) is 0 Å². The molecule has 1 aromatic carbocycles. The van der Waals surface area contributed by atoms with E-state index in [0.29, 0.717) is 25.3 Å². The van der Waals surface area contributed by atoms with Gasteiger partial charge in [0.1, 0.15) is 11.4 Å². The fourth-order valence-corrected chi connectivity index (χ4v) is 1.72. The van der Waals surface area contributed by atoms with Crippen molar-refractivity contribution < 1.29 is 10.2 Å². The highest BCUT2D eigenvalue weighted by Crippen LogP contribution is 2.20. The van der Waals surface area contributed by atoms with Crippen LogP contribution in [0.2, 0.25) is 0 Å². The van der Waals surface area contributed by atoms with Gasteiger partial charge in [0.15, 0.2) is 0 Å². The molecular formula is C13H18N4O2. The monoisotopic (exact) mass is 262 g/mol. The minimum absolute atomic E-state index is 0.153. The smallest absolute Gasteiger partial charge is 0.118 e. The van der Waals surface area contributed by atoms with E-state index in [0.717, 1.165) is 16.9 Å². The molecule has 0 radical (unpaired) electrons. The van der Waals surface area contributed by atoms with E-state index in [-0.39, 0.29) is 6.61 Å². The third-order valence-corrected chi connectivity index (χ3v) is 2.80. The summed E-state index contributed by atoms with van der Waals surface area (Å²) < 4.78 is 1.72. The molecule has 6 nitrogen and oxygen atoms in total. The maximum Gasteiger partial charge on any atom is 0.118 e. The van der Waals surface area contributed by atoms with Crippen LogP contribution in [-0.4, -0.2) is 31.8 Å². The van der Waals surface area contributed by atoms with Crippen molar-refractivity contribution in [3.63, 3.8) is 0 Å². The highest BCUT2D eigenvalue weighted by molar-refractivity contribution is 5.50. The van der Waals surface area contributed by atoms with Crippen LogP contribution in [0.15, 0.2) is 24.4 Å². The summed E-state index contributed by atoms with van der Waals surface area (Å²) in [4.78, 5) is 0. The van der Waals surface area contributed by atoms with Crippen LogP contribution in [0.25, 0.3) is 0 Å². The number of phenolic OH excluding ortho intramolecular Hbond substituents is 1. The highest BCUT2D eigenvalue weighted by Gasteiger charge is 2.02. The quantitative estimate of drug-likeness (QED) is 0.683. The molecule has 0 saturated heterocycles. The minimum Gasteiger partial charge on any atom is -0.508 e. The highest BCUT2D eigenvalue weighted by atomic mass is 16.3. The Balaban J connectivity index is 1.91. The molecule has 3 N–H and O–H groups in total. The molecule has 1 aromatic heterocycles. The number of nitrogens with zero attached hydrogens (tertiary/aromatic N) is 3. The molecule has 0 aliphatic carbocycles. The van der Waals surface area contributed by atoms with Gasteiger partial charge < -0.3 is 15.5 Å². The van der Waals surface area contributed by atoms with Crippen LogP contribution < -0.4 is 5.32 Å². The average Bonchev–Trinajstić information content (AvgIpc) is 2.86. The lowest BCUT2D eigenvalue weighted by Gasteiger charge is -2.06. The molecule has 0 fully saturated rings. The summed E-state index contributed by atoms with van der Waals surface area (Å²) in [7, 11) is 0. The first kappa shape index (κ1) is 13.4. The van der Waals surface area contributed by atoms with Crippen molar-refractivity contribution in [2.24, 2.45) is 0 Å². The van der Waals surface area contributed by atoms with Gasteiger partial charge in [0, 0.05) is 18.8 Å². The van der Waals surface area contributed by atoms with Gasteiger partial charge in [0.2, 0.25) is 0 Å². The zero-order valence-electron chi connectivity index (χ0n) is 10.9. The number of hydrogen-bond donors (Lipinski definition) is 3. The summed E-state index contributed by atoms with van der Waals surface area (Å²) >= 11 is 0. The first-order chi connectivity index (χ1) is 9.19. The maximum absolute atomic E-state index is 9.44. The second-order valence-corrected chi connectivity index (χ2v) is 4.40. The second kappa shape index (κ2) is 6.19. The molecule has 6 heteroatoms. The number of hydrogen-bond acceptors (Lipinski definition) is 5. The SMILES string of the molecule is Cc1cc(NCc2cn(CCCO)nn2)ccc1O. The molecule has 0 atom stereocenters. The predicted molar refractivity (Wildman–Crippen MR) is 71.9 cm³/mol. The summed E-state index contributed by atoms with van der Waals surface area (Å²) in [6.45, 7) is 3.25. The van der Waals surface area contributed by atoms with E-state index in [4.69, 9.17) is 5.11 Å². The van der Waals surface area contributed by atoms with E-state index in [1.807, 2.05) is 25.3 Å². The Kier molecular flexibility index (Phi) is 4.35. The van der Waals surface area contributed by atoms with Gasteiger partial charge in [-0.25, -0.2) is 0 Å². The third kappa shape index (κ3) is 3.69. The van der Waals surface area contributed by atoms with E-state index in [2.05, 4.69) is 15.6 Å². The largest absolute Gasteiger partial charge is 0.508 e. The molecule has 2 aromatic rings. The van der Waals surface area contributed by atoms with Crippen molar-refractivity contribution in [1.82, 2.24) is 15.0 Å². The molecule has 0 bridgehead atoms. The number of aryl methyl sites for hydroxylation is 2. The second-order valence-electron chi connectivity index (χ2n) is 4.40. The van der Waals surface area contributed by atoms with E-state index in [1.54, 1.807) is 10.7 Å². The number of anilines is 1. The van der Waals surface area contributed by atoms with E-state index in [1.165, 1.54) is 0 Å². The maximum atomic E-state index is 9.44. The summed E-state index contributed by atoms with van der Waals surface area (Å²) in [5.41, 5.74) is 2.60. The van der Waals surface area contributed by atoms with Crippen molar-refractivity contribution in [1.29, 1.82) is 0 Å². The first-order valence-corrected chi connectivity index (χ1v) is 6.22. The van der Waals surface area contributed by atoms with Gasteiger partial charge >= 0.3 is 0 Å². The first-order valence-electron chi connectivity index (χ1n) is 6.22. The summed E-state index contributed by atoms with van der Waals surface area (Å²) in [5.74, 6) is 0.292. The number of aromatic hydroxyl groups is 1. The topological polar surface area (TPSA) is 83.2 Å². The van der Waals surface area contributed by atoms with Crippen LogP contribution in [0.5, 0.6) is 5.75 Å². The normalized spacial score (nSPS) is 10.6. The van der Waals surface area contributed by atoms with E-state index >= 15 is 0 Å². The van der Waals surface area contributed by atoms with Crippen molar-refractivity contribution in [2.45, 2.75) is 26.4 Å². The zero-order chi connectivity index (χ0) is 13.7. The average molecular weight is 262 g/mol. The Labute approximate surface area is 111 Å². The minimum atomic E-state index is 0.153. The standard InChI is InChI=1S/C13H18N4O2/c1-10-7-11(3-4-13(10)19)14-8-12-9-17(16-15-12)5-2-6-18/h3-4,7,9,14,18-19H,2,5-6,8H2,1H3. The molecule has 0 aliphatic heterocycles. The fraction of sp³-hybridized carbons (Fsp3) is 0.385. The van der Waals surface area contributed by atoms with Gasteiger partial charge in [-0.05, 0) is 37.1 Å². The summed E-state index contributed by atoms with van der Waals surface area (Å²) in [6, 6.07) is 5.36. The van der Waals surface area contributed by atoms with Crippen LogP contribution >= 0.6 is 0 Å². The van der Waals surface area contributed by atoms with Gasteiger partial charge in [-0.2, -0.15) is 0 Å². The van der Waals surface area contributed by atoms with Gasteiger partial charge in [0.25, 0.3) is 0 Å². The van der Waals surface area contributed by atoms with Gasteiger partial charge in [-0.15, -0.1) is 5.10 Å². The van der Waals surface area contributed by atoms with Gasteiger partial charge in [0.05, 0.1) is 12.7 Å². The number of aliphatic hydroxyl groups excluding tert-OH is 1. The summed E-state index contributed by atoms with van der Waals surface area (Å²) in [5, 5.41) is 29.4. The fourth-order valence-electron chi connectivity index (χ4n) is 1.72. The number of aromatic nitrogens is 3. The Bertz CT molecular complexity index is 539. The van der Waals surface area contributed by atoms with Crippen molar-refractivity contribution in [3.8, 4) is 5.75 Å². The van der Waals surface area contributed by atoms with Gasteiger partial charge in [-0.1, -0.05) is 5.21 Å². The van der Waals surface area contributed by atoms with E-state index in [9.17, 15) is 5.11 Å². The Morgan fingerprint density at radius 2 is 2.21 bits per heavy atom. The Hall–Kier alpha value is -2.08. The Morgan fingerprint density at radius 1 is 1.37 bits per heavy atom. The molecule has 1 heterocycles. The summed E-state index contributed by atoms with van der Waals surface area (Å²) in [6.07, 6.45) is 2.53. The number of benzene rings is 1. The molecule has 2 rings (SSSR count). The number of rotatable bonds is 6.